The van der Waals surface area contributed by atoms with Gasteiger partial charge in [0, 0.05) is 3.57 Å². The summed E-state index contributed by atoms with van der Waals surface area (Å²) in [5.41, 5.74) is 4.08. The van der Waals surface area contributed by atoms with E-state index in [4.69, 9.17) is 4.74 Å². The Morgan fingerprint density at radius 3 is 2.58 bits per heavy atom. The molecule has 2 aromatic rings. The van der Waals surface area contributed by atoms with E-state index in [9.17, 15) is 0 Å². The molecule has 1 aliphatic carbocycles. The summed E-state index contributed by atoms with van der Waals surface area (Å²) < 4.78 is 7.11. The normalized spacial score (nSPS) is 13.0. The summed E-state index contributed by atoms with van der Waals surface area (Å²) in [6.45, 7) is 0.628. The molecule has 3 rings (SSSR count). The largest absolute Gasteiger partial charge is 0.489 e. The molecule has 19 heavy (non-hydrogen) atoms. The van der Waals surface area contributed by atoms with Crippen LogP contribution < -0.4 is 4.74 Å². The zero-order valence-electron chi connectivity index (χ0n) is 10.6. The minimum Gasteiger partial charge on any atom is -0.489 e. The highest BCUT2D eigenvalue weighted by Crippen LogP contribution is 2.25. The van der Waals surface area contributed by atoms with E-state index < -0.39 is 0 Å². The van der Waals surface area contributed by atoms with Crippen LogP contribution >= 0.6 is 22.6 Å². The van der Waals surface area contributed by atoms with Crippen LogP contribution in [0.15, 0.2) is 60.2 Å². The summed E-state index contributed by atoms with van der Waals surface area (Å²) in [5.74, 6) is 0.956. The molecule has 0 aromatic heterocycles. The van der Waals surface area contributed by atoms with Crippen LogP contribution in [0.2, 0.25) is 0 Å². The first-order valence-electron chi connectivity index (χ1n) is 6.44. The van der Waals surface area contributed by atoms with Crippen molar-refractivity contribution in [1.29, 1.82) is 0 Å². The van der Waals surface area contributed by atoms with Crippen molar-refractivity contribution in [1.82, 2.24) is 0 Å². The monoisotopic (exact) mass is 362 g/mol. The predicted molar refractivity (Wildman–Crippen MR) is 86.3 cm³/mol. The third-order valence-corrected chi connectivity index (χ3v) is 3.79. The lowest BCUT2D eigenvalue weighted by Crippen LogP contribution is -1.96. The smallest absolute Gasteiger partial charge is 0.120 e. The molecule has 0 amide bonds. The Morgan fingerprint density at radius 1 is 1.00 bits per heavy atom. The van der Waals surface area contributed by atoms with Crippen molar-refractivity contribution < 1.29 is 4.74 Å². The molecule has 0 radical (unpaired) electrons. The van der Waals surface area contributed by atoms with Crippen molar-refractivity contribution in [3.8, 4) is 5.75 Å². The summed E-state index contributed by atoms with van der Waals surface area (Å²) in [7, 11) is 0. The predicted octanol–water partition coefficient (Wildman–Crippen LogP) is 4.74. The molecule has 2 aromatic carbocycles. The second-order valence-corrected chi connectivity index (χ2v) is 6.05. The Labute approximate surface area is 127 Å². The lowest BCUT2D eigenvalue weighted by atomic mass is 10.1. The molecule has 0 atom stereocenters. The topological polar surface area (TPSA) is 9.23 Å². The summed E-state index contributed by atoms with van der Waals surface area (Å²) in [4.78, 5) is 0. The molecule has 0 N–H and O–H groups in total. The third-order valence-electron chi connectivity index (χ3n) is 3.12. The van der Waals surface area contributed by atoms with E-state index >= 15 is 0 Å². The van der Waals surface area contributed by atoms with Gasteiger partial charge in [-0.05, 0) is 70.8 Å². The molecule has 0 fully saturated rings. The molecule has 0 saturated heterocycles. The lowest BCUT2D eigenvalue weighted by molar-refractivity contribution is 0.306. The van der Waals surface area contributed by atoms with Crippen LogP contribution in [0.5, 0.6) is 5.75 Å². The number of halogens is 1. The maximum atomic E-state index is 5.87. The lowest BCUT2D eigenvalue weighted by Gasteiger charge is -2.08. The second kappa shape index (κ2) is 5.78. The molecular formula is C17H15IO. The van der Waals surface area contributed by atoms with Crippen LogP contribution in [0.4, 0.5) is 0 Å². The van der Waals surface area contributed by atoms with Crippen molar-refractivity contribution in [2.75, 3.05) is 0 Å². The Kier molecular flexibility index (Phi) is 3.87. The summed E-state index contributed by atoms with van der Waals surface area (Å²) in [6.07, 6.45) is 4.54. The molecule has 0 heterocycles. The first-order valence-corrected chi connectivity index (χ1v) is 7.51. The van der Waals surface area contributed by atoms with Gasteiger partial charge in [-0.2, -0.15) is 0 Å². The molecule has 96 valence electrons. The number of hydrogen-bond acceptors (Lipinski definition) is 1. The van der Waals surface area contributed by atoms with E-state index in [1.165, 1.54) is 26.7 Å². The highest BCUT2D eigenvalue weighted by Gasteiger charge is 2.08. The van der Waals surface area contributed by atoms with Crippen molar-refractivity contribution in [3.05, 3.63) is 74.9 Å². The van der Waals surface area contributed by atoms with Gasteiger partial charge in [0.25, 0.3) is 0 Å². The van der Waals surface area contributed by atoms with Crippen LogP contribution in [-0.4, -0.2) is 0 Å². The highest BCUT2D eigenvalue weighted by molar-refractivity contribution is 14.1. The fourth-order valence-electron chi connectivity index (χ4n) is 2.02. The van der Waals surface area contributed by atoms with Crippen molar-refractivity contribution in [3.63, 3.8) is 0 Å². The number of allylic oxidation sites excluding steroid dienone is 2. The van der Waals surface area contributed by atoms with Gasteiger partial charge >= 0.3 is 0 Å². The van der Waals surface area contributed by atoms with Gasteiger partial charge in [0.05, 0.1) is 0 Å². The van der Waals surface area contributed by atoms with Crippen molar-refractivity contribution >= 4 is 22.6 Å². The van der Waals surface area contributed by atoms with Crippen LogP contribution in [0, 0.1) is 3.57 Å². The number of rotatable bonds is 5. The summed E-state index contributed by atoms with van der Waals surface area (Å²) in [5, 5.41) is 0. The molecule has 0 aliphatic heterocycles. The maximum absolute atomic E-state index is 5.87. The molecule has 0 bridgehead atoms. The Hall–Kier alpha value is -1.29. The minimum atomic E-state index is 0.628. The van der Waals surface area contributed by atoms with Crippen molar-refractivity contribution in [2.45, 2.75) is 19.4 Å². The van der Waals surface area contributed by atoms with Gasteiger partial charge in [-0.1, -0.05) is 35.9 Å². The van der Waals surface area contributed by atoms with Gasteiger partial charge in [0.1, 0.15) is 12.4 Å². The van der Waals surface area contributed by atoms with Gasteiger partial charge in [-0.25, -0.2) is 0 Å². The molecule has 0 saturated carbocycles. The second-order valence-electron chi connectivity index (χ2n) is 4.81. The van der Waals surface area contributed by atoms with E-state index in [-0.39, 0.29) is 0 Å². The molecule has 1 nitrogen and oxygen atoms in total. The highest BCUT2D eigenvalue weighted by atomic mass is 127. The van der Waals surface area contributed by atoms with E-state index in [0.29, 0.717) is 6.61 Å². The fraction of sp³-hybridized carbons (Fsp3) is 0.176. The molecule has 0 spiro atoms. The Bertz CT molecular complexity index is 616. The zero-order chi connectivity index (χ0) is 13.1. The molecule has 1 aliphatic rings. The van der Waals surface area contributed by atoms with Gasteiger partial charge in [-0.3, -0.25) is 0 Å². The molecule has 0 unspecified atom stereocenters. The van der Waals surface area contributed by atoms with Gasteiger partial charge < -0.3 is 4.74 Å². The quantitative estimate of drug-likeness (QED) is 0.551. The van der Waals surface area contributed by atoms with E-state index in [1.807, 2.05) is 6.07 Å². The summed E-state index contributed by atoms with van der Waals surface area (Å²) in [6, 6.07) is 16.8. The van der Waals surface area contributed by atoms with E-state index in [1.54, 1.807) is 0 Å². The first kappa shape index (κ1) is 12.7. The first-order chi connectivity index (χ1) is 9.29. The van der Waals surface area contributed by atoms with Crippen molar-refractivity contribution in [2.24, 2.45) is 0 Å². The van der Waals surface area contributed by atoms with Crippen LogP contribution in [0.3, 0.4) is 0 Å². The third kappa shape index (κ3) is 3.83. The minimum absolute atomic E-state index is 0.628. The molecular weight excluding hydrogens is 347 g/mol. The number of hydrogen-bond donors (Lipinski definition) is 0. The average Bonchev–Trinajstić information content (AvgIpc) is 3.21. The van der Waals surface area contributed by atoms with Gasteiger partial charge in [0.2, 0.25) is 0 Å². The summed E-state index contributed by atoms with van der Waals surface area (Å²) >= 11 is 2.32. The van der Waals surface area contributed by atoms with Crippen LogP contribution in [-0.2, 0) is 13.0 Å². The maximum Gasteiger partial charge on any atom is 0.120 e. The molecule has 2 heteroatoms. The standard InChI is InChI=1S/C17H15IO/c18-16-5-1-4-15(10-16)12-19-17-6-2-3-14(11-17)9-13-7-8-13/h1-7,10-11H,8-9,12H2. The van der Waals surface area contributed by atoms with Gasteiger partial charge in [0.15, 0.2) is 0 Å². The number of benzene rings is 2. The SMILES string of the molecule is Ic1cccc(COc2cccc(CC3=CC3)c2)c1. The van der Waals surface area contributed by atoms with Gasteiger partial charge in [-0.15, -0.1) is 0 Å². The number of ether oxygens (including phenoxy) is 1. The average molecular weight is 362 g/mol. The zero-order valence-corrected chi connectivity index (χ0v) is 12.8. The van der Waals surface area contributed by atoms with E-state index in [2.05, 4.69) is 71.1 Å². The van der Waals surface area contributed by atoms with Crippen LogP contribution in [0.1, 0.15) is 17.5 Å². The Morgan fingerprint density at radius 2 is 1.79 bits per heavy atom. The van der Waals surface area contributed by atoms with Crippen LogP contribution in [0.25, 0.3) is 0 Å². The Balaban J connectivity index is 1.64. The fourth-order valence-corrected chi connectivity index (χ4v) is 2.62. The van der Waals surface area contributed by atoms with E-state index in [0.717, 1.165) is 12.2 Å².